The molecule has 2 aromatic rings. The fourth-order valence-corrected chi connectivity index (χ4v) is 2.76. The lowest BCUT2D eigenvalue weighted by Crippen LogP contribution is -2.31. The summed E-state index contributed by atoms with van der Waals surface area (Å²) in [7, 11) is 1.70. The first-order valence-corrected chi connectivity index (χ1v) is 8.13. The van der Waals surface area contributed by atoms with E-state index in [1.54, 1.807) is 7.11 Å². The van der Waals surface area contributed by atoms with Crippen LogP contribution in [0.2, 0.25) is 0 Å². The molecule has 1 atom stereocenters. The van der Waals surface area contributed by atoms with Gasteiger partial charge in [-0.25, -0.2) is 9.59 Å². The van der Waals surface area contributed by atoms with Crippen molar-refractivity contribution in [3.8, 4) is 17.0 Å². The molecule has 0 radical (unpaired) electrons. The maximum absolute atomic E-state index is 9.55. The number of hydrogen-bond acceptors (Lipinski definition) is 4. The van der Waals surface area contributed by atoms with Crippen LogP contribution in [0.5, 0.6) is 5.75 Å². The third-order valence-corrected chi connectivity index (χ3v) is 4.00. The van der Waals surface area contributed by atoms with E-state index in [2.05, 4.69) is 41.1 Å². The van der Waals surface area contributed by atoms with Gasteiger partial charge in [0.25, 0.3) is 0 Å². The number of nitrogens with one attached hydrogen (secondary N) is 1. The van der Waals surface area contributed by atoms with Crippen LogP contribution in [-0.2, 0) is 16.1 Å². The highest BCUT2D eigenvalue weighted by Crippen LogP contribution is 2.28. The Bertz CT molecular complexity index is 777. The molecule has 3 N–H and O–H groups in total. The summed E-state index contributed by atoms with van der Waals surface area (Å²) >= 11 is 0. The number of nitrogens with zero attached hydrogens (tertiary/aromatic N) is 1. The molecule has 0 saturated heterocycles. The second-order valence-corrected chi connectivity index (χ2v) is 5.71. The summed E-state index contributed by atoms with van der Waals surface area (Å²) in [6, 6.07) is 13.1. The number of methoxy groups -OCH3 is 1. The summed E-state index contributed by atoms with van der Waals surface area (Å²) in [6.45, 7) is 4.28. The molecule has 2 heterocycles. The van der Waals surface area contributed by atoms with E-state index in [4.69, 9.17) is 14.9 Å². The average molecular weight is 358 g/mol. The molecule has 0 fully saturated rings. The van der Waals surface area contributed by atoms with E-state index in [1.807, 2.05) is 12.1 Å². The quantitative estimate of drug-likeness (QED) is 0.726. The second-order valence-electron chi connectivity index (χ2n) is 5.71. The van der Waals surface area contributed by atoms with E-state index >= 15 is 0 Å². The number of benzene rings is 1. The van der Waals surface area contributed by atoms with Gasteiger partial charge >= 0.3 is 11.9 Å². The van der Waals surface area contributed by atoms with Gasteiger partial charge in [0.1, 0.15) is 5.75 Å². The molecule has 0 saturated carbocycles. The monoisotopic (exact) mass is 358 g/mol. The number of hydrogen-bond donors (Lipinski definition) is 3. The van der Waals surface area contributed by atoms with E-state index in [-0.39, 0.29) is 0 Å². The number of carbonyl (C=O) groups is 2. The van der Waals surface area contributed by atoms with Crippen LogP contribution in [0.25, 0.3) is 11.3 Å². The van der Waals surface area contributed by atoms with Crippen molar-refractivity contribution in [3.05, 3.63) is 54.2 Å². The zero-order valence-corrected chi connectivity index (χ0v) is 14.7. The first-order valence-electron chi connectivity index (χ1n) is 8.13. The summed E-state index contributed by atoms with van der Waals surface area (Å²) in [5.41, 5.74) is 3.91. The summed E-state index contributed by atoms with van der Waals surface area (Å²) in [5.74, 6) is -1.61. The first-order chi connectivity index (χ1) is 12.4. The lowest BCUT2D eigenvalue weighted by molar-refractivity contribution is -0.134. The van der Waals surface area contributed by atoms with Crippen molar-refractivity contribution in [1.82, 2.24) is 9.88 Å². The van der Waals surface area contributed by atoms with E-state index in [0.29, 0.717) is 18.2 Å². The zero-order chi connectivity index (χ0) is 19.1. The van der Waals surface area contributed by atoms with Crippen molar-refractivity contribution in [2.24, 2.45) is 0 Å². The molecule has 1 aliphatic heterocycles. The number of carboxylic acids is 2. The van der Waals surface area contributed by atoms with Gasteiger partial charge in [-0.05, 0) is 48.9 Å². The highest BCUT2D eigenvalue weighted by Gasteiger charge is 2.18. The Hall–Kier alpha value is -3.06. The van der Waals surface area contributed by atoms with Crippen LogP contribution in [0.1, 0.15) is 18.7 Å². The molecular weight excluding hydrogens is 336 g/mol. The van der Waals surface area contributed by atoms with Gasteiger partial charge in [0.15, 0.2) is 0 Å². The third-order valence-electron chi connectivity index (χ3n) is 4.00. The largest absolute Gasteiger partial charge is 0.497 e. The summed E-state index contributed by atoms with van der Waals surface area (Å²) in [4.78, 5) is 19.1. The molecule has 0 bridgehead atoms. The Morgan fingerprint density at radius 3 is 2.27 bits per heavy atom. The van der Waals surface area contributed by atoms with Crippen molar-refractivity contribution in [2.75, 3.05) is 13.7 Å². The minimum atomic E-state index is -1.26. The fraction of sp³-hybridized carbons (Fsp3) is 0.263. The van der Waals surface area contributed by atoms with Crippen LogP contribution < -0.4 is 10.1 Å². The van der Waals surface area contributed by atoms with Crippen molar-refractivity contribution in [1.29, 1.82) is 0 Å². The van der Waals surface area contributed by atoms with Gasteiger partial charge in [-0.3, -0.25) is 0 Å². The van der Waals surface area contributed by atoms with Crippen molar-refractivity contribution < 1.29 is 24.5 Å². The van der Waals surface area contributed by atoms with Gasteiger partial charge in [-0.2, -0.15) is 0 Å². The zero-order valence-electron chi connectivity index (χ0n) is 14.7. The van der Waals surface area contributed by atoms with Crippen LogP contribution in [-0.4, -0.2) is 40.4 Å². The Morgan fingerprint density at radius 2 is 1.73 bits per heavy atom. The predicted molar refractivity (Wildman–Crippen MR) is 97.2 cm³/mol. The van der Waals surface area contributed by atoms with E-state index in [0.717, 1.165) is 18.8 Å². The smallest absolute Gasteiger partial charge is 0.328 e. The molecule has 138 valence electrons. The third kappa shape index (κ3) is 4.97. The van der Waals surface area contributed by atoms with Gasteiger partial charge in [0, 0.05) is 42.7 Å². The molecule has 3 rings (SSSR count). The highest BCUT2D eigenvalue weighted by atomic mass is 16.5. The number of aliphatic carboxylic acids is 2. The number of ether oxygens (including phenoxy) is 1. The second kappa shape index (κ2) is 8.87. The van der Waals surface area contributed by atoms with Crippen LogP contribution in [0.3, 0.4) is 0 Å². The molecule has 7 heteroatoms. The molecular formula is C19H22N2O5. The number of fused-ring (bicyclic) bond motifs is 1. The molecule has 0 spiro atoms. The molecule has 1 aromatic carbocycles. The minimum absolute atomic E-state index is 0.436. The maximum Gasteiger partial charge on any atom is 0.328 e. The van der Waals surface area contributed by atoms with Gasteiger partial charge in [-0.15, -0.1) is 0 Å². The van der Waals surface area contributed by atoms with Crippen LogP contribution in [0.4, 0.5) is 0 Å². The summed E-state index contributed by atoms with van der Waals surface area (Å²) in [5, 5.41) is 19.1. The maximum atomic E-state index is 9.55. The molecule has 0 amide bonds. The van der Waals surface area contributed by atoms with Gasteiger partial charge < -0.3 is 24.8 Å². The number of carboxylic acid groups (broad SMARTS) is 2. The normalized spacial score (nSPS) is 15.7. The predicted octanol–water partition coefficient (Wildman–Crippen LogP) is 2.54. The fourth-order valence-electron chi connectivity index (χ4n) is 2.76. The van der Waals surface area contributed by atoms with Crippen molar-refractivity contribution >= 4 is 11.9 Å². The van der Waals surface area contributed by atoms with Gasteiger partial charge in [0.05, 0.1) is 7.11 Å². The lowest BCUT2D eigenvalue weighted by Gasteiger charge is -2.25. The Balaban J connectivity index is 0.000000260. The summed E-state index contributed by atoms with van der Waals surface area (Å²) in [6.07, 6.45) is 1.12. The first kappa shape index (κ1) is 19.3. The molecule has 1 aromatic heterocycles. The number of rotatable bonds is 4. The Labute approximate surface area is 151 Å². The van der Waals surface area contributed by atoms with Crippen molar-refractivity contribution in [2.45, 2.75) is 19.5 Å². The number of aromatic nitrogens is 1. The van der Waals surface area contributed by atoms with Crippen LogP contribution in [0, 0.1) is 0 Å². The molecule has 7 nitrogen and oxygen atoms in total. The van der Waals surface area contributed by atoms with Crippen molar-refractivity contribution in [3.63, 3.8) is 0 Å². The molecule has 26 heavy (non-hydrogen) atoms. The molecule has 1 unspecified atom stereocenters. The topological polar surface area (TPSA) is 101 Å². The highest BCUT2D eigenvalue weighted by molar-refractivity contribution is 5.89. The lowest BCUT2D eigenvalue weighted by atomic mass is 10.1. The van der Waals surface area contributed by atoms with Crippen LogP contribution >= 0.6 is 0 Å². The van der Waals surface area contributed by atoms with E-state index in [9.17, 15) is 9.59 Å². The van der Waals surface area contributed by atoms with Gasteiger partial charge in [-0.1, -0.05) is 0 Å². The van der Waals surface area contributed by atoms with E-state index < -0.39 is 11.9 Å². The SMILES string of the molecule is COc1ccc(-c2ccc3n2CCNC3C)cc1.O=C(O)C=CC(=O)O. The Kier molecular flexibility index (Phi) is 6.57. The standard InChI is InChI=1S/C15H18N2O.C4H4O4/c1-11-14-7-8-15(17(14)10-9-16-11)12-3-5-13(18-2)6-4-12;5-3(6)1-2-4(7)8/h3-8,11,16H,9-10H2,1-2H3;1-2H,(H,5,6)(H,7,8). The van der Waals surface area contributed by atoms with Crippen LogP contribution in [0.15, 0.2) is 48.6 Å². The van der Waals surface area contributed by atoms with E-state index in [1.165, 1.54) is 17.0 Å². The Morgan fingerprint density at radius 1 is 1.12 bits per heavy atom. The summed E-state index contributed by atoms with van der Waals surface area (Å²) < 4.78 is 7.61. The minimum Gasteiger partial charge on any atom is -0.497 e. The average Bonchev–Trinajstić information content (AvgIpc) is 3.06. The van der Waals surface area contributed by atoms with Gasteiger partial charge in [0.2, 0.25) is 0 Å². The molecule has 1 aliphatic rings. The molecule has 0 aliphatic carbocycles.